The molecule has 0 amide bonds. The highest BCUT2D eigenvalue weighted by Gasteiger charge is 2.13. The first-order chi connectivity index (χ1) is 14.7. The van der Waals surface area contributed by atoms with Crippen LogP contribution >= 0.6 is 24.0 Å². The number of hydrogen-bond acceptors (Lipinski definition) is 4. The lowest BCUT2D eigenvalue weighted by Crippen LogP contribution is -2.26. The maximum absolute atomic E-state index is 12.1. The number of H-pyrrole nitrogens is 1. The number of aromatic nitrogens is 2. The Morgan fingerprint density at radius 3 is 2.55 bits per heavy atom. The van der Waals surface area contributed by atoms with Crippen molar-refractivity contribution >= 4 is 40.5 Å². The number of aromatic amines is 1. The van der Waals surface area contributed by atoms with E-state index in [1.54, 1.807) is 0 Å². The van der Waals surface area contributed by atoms with Crippen LogP contribution in [0.2, 0.25) is 5.02 Å². The summed E-state index contributed by atoms with van der Waals surface area (Å²) in [7, 11) is 0. The lowest BCUT2D eigenvalue weighted by atomic mass is 10.0. The minimum Gasteiger partial charge on any atom is -0.384 e. The van der Waals surface area contributed by atoms with E-state index in [-0.39, 0.29) is 18.0 Å². The van der Waals surface area contributed by atoms with Crippen LogP contribution in [0.25, 0.3) is 22.0 Å². The van der Waals surface area contributed by atoms with Gasteiger partial charge in [-0.1, -0.05) is 55.1 Å². The third-order valence-electron chi connectivity index (χ3n) is 5.89. The van der Waals surface area contributed by atoms with Gasteiger partial charge in [0.05, 0.1) is 21.8 Å². The van der Waals surface area contributed by atoms with E-state index < -0.39 is 0 Å². The zero-order chi connectivity index (χ0) is 20.8. The molecule has 4 rings (SSSR count). The zero-order valence-electron chi connectivity index (χ0n) is 17.6. The number of fused-ring (bicyclic) bond motifs is 1. The Balaban J connectivity index is 0.00000272. The molecule has 1 aliphatic rings. The second-order valence-electron chi connectivity index (χ2n) is 8.06. The smallest absolute Gasteiger partial charge is 0.272 e. The quantitative estimate of drug-likeness (QED) is 0.354. The Morgan fingerprint density at radius 1 is 1.00 bits per heavy atom. The SMILES string of the molecule is Cl.O=c1[nH]nc(-c2ccc(Cl)c(NCCCCCNC3CCCC3)c2)c2ccccc12. The van der Waals surface area contributed by atoms with E-state index in [2.05, 4.69) is 20.8 Å². The molecule has 0 aliphatic heterocycles. The van der Waals surface area contributed by atoms with E-state index in [1.165, 1.54) is 38.5 Å². The van der Waals surface area contributed by atoms with Crippen LogP contribution < -0.4 is 16.2 Å². The lowest BCUT2D eigenvalue weighted by Gasteiger charge is -2.13. The molecule has 0 bridgehead atoms. The van der Waals surface area contributed by atoms with Crippen LogP contribution in [0, 0.1) is 0 Å². The summed E-state index contributed by atoms with van der Waals surface area (Å²) in [4.78, 5) is 12.1. The van der Waals surface area contributed by atoms with Crippen molar-refractivity contribution in [1.29, 1.82) is 0 Å². The summed E-state index contributed by atoms with van der Waals surface area (Å²) in [5.41, 5.74) is 2.40. The number of benzene rings is 2. The number of nitrogens with one attached hydrogen (secondary N) is 3. The maximum atomic E-state index is 12.1. The van der Waals surface area contributed by atoms with E-state index in [1.807, 2.05) is 42.5 Å². The van der Waals surface area contributed by atoms with Gasteiger partial charge >= 0.3 is 0 Å². The third kappa shape index (κ3) is 6.00. The average Bonchev–Trinajstić information content (AvgIpc) is 3.28. The number of hydrogen-bond donors (Lipinski definition) is 3. The molecule has 1 heterocycles. The molecule has 1 aliphatic carbocycles. The predicted octanol–water partition coefficient (Wildman–Crippen LogP) is 5.78. The molecule has 1 fully saturated rings. The largest absolute Gasteiger partial charge is 0.384 e. The molecule has 0 radical (unpaired) electrons. The Kier molecular flexibility index (Phi) is 8.76. The molecule has 2 aromatic carbocycles. The normalized spacial score (nSPS) is 14.0. The summed E-state index contributed by atoms with van der Waals surface area (Å²) >= 11 is 6.41. The number of unbranched alkanes of at least 4 members (excludes halogenated alkanes) is 2. The van der Waals surface area contributed by atoms with Crippen LogP contribution in [-0.4, -0.2) is 29.3 Å². The highest BCUT2D eigenvalue weighted by molar-refractivity contribution is 6.33. The van der Waals surface area contributed by atoms with E-state index in [0.717, 1.165) is 47.9 Å². The van der Waals surface area contributed by atoms with Crippen LogP contribution in [0.5, 0.6) is 0 Å². The number of anilines is 1. The second-order valence-corrected chi connectivity index (χ2v) is 8.47. The molecule has 3 aromatic rings. The molecule has 166 valence electrons. The molecule has 5 nitrogen and oxygen atoms in total. The Labute approximate surface area is 194 Å². The van der Waals surface area contributed by atoms with Crippen molar-refractivity contribution in [2.75, 3.05) is 18.4 Å². The van der Waals surface area contributed by atoms with Gasteiger partial charge in [-0.15, -0.1) is 12.4 Å². The summed E-state index contributed by atoms with van der Waals surface area (Å²) in [6, 6.07) is 14.1. The molecule has 0 unspecified atom stereocenters. The minimum atomic E-state index is -0.177. The second kappa shape index (κ2) is 11.5. The summed E-state index contributed by atoms with van der Waals surface area (Å²) in [6.07, 6.45) is 8.95. The lowest BCUT2D eigenvalue weighted by molar-refractivity contribution is 0.505. The van der Waals surface area contributed by atoms with Crippen molar-refractivity contribution in [2.45, 2.75) is 51.0 Å². The van der Waals surface area contributed by atoms with Crippen molar-refractivity contribution in [2.24, 2.45) is 0 Å². The number of rotatable bonds is 9. The summed E-state index contributed by atoms with van der Waals surface area (Å²) in [5, 5.41) is 16.2. The van der Waals surface area contributed by atoms with Gasteiger partial charge in [-0.3, -0.25) is 4.79 Å². The topological polar surface area (TPSA) is 69.8 Å². The van der Waals surface area contributed by atoms with Crippen molar-refractivity contribution in [3.63, 3.8) is 0 Å². The first-order valence-corrected chi connectivity index (χ1v) is 11.3. The summed E-state index contributed by atoms with van der Waals surface area (Å²) in [6.45, 7) is 2.00. The van der Waals surface area contributed by atoms with Crippen LogP contribution in [0.3, 0.4) is 0 Å². The van der Waals surface area contributed by atoms with Crippen molar-refractivity contribution in [3.8, 4) is 11.3 Å². The van der Waals surface area contributed by atoms with Crippen molar-refractivity contribution in [1.82, 2.24) is 15.5 Å². The molecular formula is C24H30Cl2N4O. The molecule has 7 heteroatoms. The van der Waals surface area contributed by atoms with Crippen molar-refractivity contribution in [3.05, 3.63) is 57.8 Å². The van der Waals surface area contributed by atoms with Gasteiger partial charge in [0.25, 0.3) is 5.56 Å². The summed E-state index contributed by atoms with van der Waals surface area (Å²) < 4.78 is 0. The van der Waals surface area contributed by atoms with Gasteiger partial charge in [-0.25, -0.2) is 5.10 Å². The van der Waals surface area contributed by atoms with Crippen LogP contribution in [0.15, 0.2) is 47.3 Å². The fourth-order valence-corrected chi connectivity index (χ4v) is 4.41. The Morgan fingerprint density at radius 2 is 1.74 bits per heavy atom. The van der Waals surface area contributed by atoms with Crippen LogP contribution in [0.4, 0.5) is 5.69 Å². The predicted molar refractivity (Wildman–Crippen MR) is 133 cm³/mol. The molecule has 31 heavy (non-hydrogen) atoms. The van der Waals surface area contributed by atoms with Gasteiger partial charge < -0.3 is 10.6 Å². The molecule has 0 spiro atoms. The van der Waals surface area contributed by atoms with Gasteiger partial charge in [-0.05, 0) is 50.4 Å². The molecular weight excluding hydrogens is 431 g/mol. The maximum Gasteiger partial charge on any atom is 0.272 e. The van der Waals surface area contributed by atoms with Gasteiger partial charge in [-0.2, -0.15) is 5.10 Å². The molecule has 3 N–H and O–H groups in total. The number of halogens is 2. The van der Waals surface area contributed by atoms with E-state index in [9.17, 15) is 4.79 Å². The Bertz CT molecular complexity index is 1050. The minimum absolute atomic E-state index is 0. The third-order valence-corrected chi connectivity index (χ3v) is 6.22. The molecule has 0 saturated heterocycles. The van der Waals surface area contributed by atoms with E-state index in [4.69, 9.17) is 11.6 Å². The highest BCUT2D eigenvalue weighted by atomic mass is 35.5. The molecule has 1 aromatic heterocycles. The van der Waals surface area contributed by atoms with Crippen LogP contribution in [-0.2, 0) is 0 Å². The van der Waals surface area contributed by atoms with E-state index >= 15 is 0 Å². The average molecular weight is 461 g/mol. The van der Waals surface area contributed by atoms with Crippen molar-refractivity contribution < 1.29 is 0 Å². The fraction of sp³-hybridized carbons (Fsp3) is 0.417. The summed E-state index contributed by atoms with van der Waals surface area (Å²) in [5.74, 6) is 0. The number of nitrogens with zero attached hydrogens (tertiary/aromatic N) is 1. The van der Waals surface area contributed by atoms with Gasteiger partial charge in [0.15, 0.2) is 0 Å². The molecule has 0 atom stereocenters. The van der Waals surface area contributed by atoms with Gasteiger partial charge in [0, 0.05) is 23.5 Å². The van der Waals surface area contributed by atoms with Crippen LogP contribution in [0.1, 0.15) is 44.9 Å². The van der Waals surface area contributed by atoms with Gasteiger partial charge in [0.2, 0.25) is 0 Å². The zero-order valence-corrected chi connectivity index (χ0v) is 19.2. The standard InChI is InChI=1S/C24H29ClN4O.ClH/c25-21-13-12-17(23-19-10-4-5-11-20(19)24(30)29-28-23)16-22(21)27-15-7-1-6-14-26-18-8-2-3-9-18;/h4-5,10-13,16,18,26-27H,1-3,6-9,14-15H2,(H,29,30);1H. The highest BCUT2D eigenvalue weighted by Crippen LogP contribution is 2.30. The van der Waals surface area contributed by atoms with E-state index in [0.29, 0.717) is 10.4 Å². The first-order valence-electron chi connectivity index (χ1n) is 11.0. The Hall–Kier alpha value is -2.08. The van der Waals surface area contributed by atoms with Gasteiger partial charge in [0.1, 0.15) is 0 Å². The monoisotopic (exact) mass is 460 g/mol. The molecule has 1 saturated carbocycles. The fourth-order valence-electron chi connectivity index (χ4n) is 4.23. The first kappa shape index (κ1) is 23.6.